The summed E-state index contributed by atoms with van der Waals surface area (Å²) in [6.07, 6.45) is 0. The standard InChI is InChI=1S/C8H15NO2.C4H8O2/c1-7(2)5-10-8(11-6-7)3-9-4-8;1-2-6-4-3-5-1/h9H,3-6H2,1-2H3;1-4H2. The molecule has 0 aromatic carbocycles. The summed E-state index contributed by atoms with van der Waals surface area (Å²) in [5, 5.41) is 3.15. The highest BCUT2D eigenvalue weighted by Gasteiger charge is 2.45. The van der Waals surface area contributed by atoms with Crippen LogP contribution in [0.2, 0.25) is 0 Å². The van der Waals surface area contributed by atoms with E-state index in [2.05, 4.69) is 19.2 Å². The van der Waals surface area contributed by atoms with Crippen LogP contribution in [0, 0.1) is 5.41 Å². The molecule has 0 amide bonds. The third kappa shape index (κ3) is 3.89. The molecule has 3 heterocycles. The number of hydrogen-bond acceptors (Lipinski definition) is 5. The van der Waals surface area contributed by atoms with Crippen molar-refractivity contribution in [1.29, 1.82) is 0 Å². The smallest absolute Gasteiger partial charge is 0.193 e. The van der Waals surface area contributed by atoms with Crippen molar-refractivity contribution in [2.75, 3.05) is 52.7 Å². The van der Waals surface area contributed by atoms with E-state index in [0.29, 0.717) is 0 Å². The topological polar surface area (TPSA) is 49.0 Å². The lowest BCUT2D eigenvalue weighted by atomic mass is 9.94. The maximum absolute atomic E-state index is 5.63. The Kier molecular flexibility index (Phi) is 4.38. The molecule has 0 aromatic heterocycles. The minimum atomic E-state index is -0.254. The second kappa shape index (κ2) is 5.63. The third-order valence-electron chi connectivity index (χ3n) is 2.98. The van der Waals surface area contributed by atoms with Gasteiger partial charge in [-0.15, -0.1) is 0 Å². The molecule has 3 saturated heterocycles. The molecular weight excluding hydrogens is 222 g/mol. The van der Waals surface area contributed by atoms with Gasteiger partial charge >= 0.3 is 0 Å². The Morgan fingerprint density at radius 2 is 1.29 bits per heavy atom. The fraction of sp³-hybridized carbons (Fsp3) is 1.00. The van der Waals surface area contributed by atoms with E-state index in [4.69, 9.17) is 18.9 Å². The lowest BCUT2D eigenvalue weighted by molar-refractivity contribution is -0.316. The largest absolute Gasteiger partial charge is 0.377 e. The van der Waals surface area contributed by atoms with Crippen molar-refractivity contribution in [2.24, 2.45) is 5.41 Å². The van der Waals surface area contributed by atoms with Crippen LogP contribution in [0.4, 0.5) is 0 Å². The molecule has 5 heteroatoms. The van der Waals surface area contributed by atoms with E-state index < -0.39 is 0 Å². The van der Waals surface area contributed by atoms with Crippen molar-refractivity contribution in [3.8, 4) is 0 Å². The maximum Gasteiger partial charge on any atom is 0.193 e. The highest BCUT2D eigenvalue weighted by molar-refractivity contribution is 4.90. The minimum absolute atomic E-state index is 0.195. The summed E-state index contributed by atoms with van der Waals surface area (Å²) in [5.74, 6) is -0.254. The molecule has 1 spiro atoms. The van der Waals surface area contributed by atoms with Crippen molar-refractivity contribution in [3.05, 3.63) is 0 Å². The molecule has 3 rings (SSSR count). The van der Waals surface area contributed by atoms with Gasteiger partial charge in [-0.2, -0.15) is 0 Å². The fourth-order valence-corrected chi connectivity index (χ4v) is 1.71. The van der Waals surface area contributed by atoms with Gasteiger partial charge in [0.05, 0.1) is 52.7 Å². The number of nitrogens with one attached hydrogen (secondary N) is 1. The number of rotatable bonds is 0. The Morgan fingerprint density at radius 1 is 0.824 bits per heavy atom. The quantitative estimate of drug-likeness (QED) is 0.669. The first-order chi connectivity index (χ1) is 8.12. The molecular formula is C12H23NO4. The monoisotopic (exact) mass is 245 g/mol. The summed E-state index contributed by atoms with van der Waals surface area (Å²) in [6.45, 7) is 10.8. The van der Waals surface area contributed by atoms with E-state index in [1.165, 1.54) is 0 Å². The molecule has 1 N–H and O–H groups in total. The summed E-state index contributed by atoms with van der Waals surface area (Å²) in [4.78, 5) is 0. The van der Waals surface area contributed by atoms with E-state index in [1.54, 1.807) is 0 Å². The van der Waals surface area contributed by atoms with Crippen molar-refractivity contribution >= 4 is 0 Å². The Balaban J connectivity index is 0.000000153. The van der Waals surface area contributed by atoms with E-state index in [0.717, 1.165) is 52.7 Å². The predicted octanol–water partition coefficient (Wildman–Crippen LogP) is 0.392. The zero-order valence-corrected chi connectivity index (χ0v) is 10.8. The highest BCUT2D eigenvalue weighted by atomic mass is 16.7. The van der Waals surface area contributed by atoms with Gasteiger partial charge < -0.3 is 24.3 Å². The molecule has 0 bridgehead atoms. The third-order valence-corrected chi connectivity index (χ3v) is 2.98. The van der Waals surface area contributed by atoms with Crippen molar-refractivity contribution in [2.45, 2.75) is 19.6 Å². The van der Waals surface area contributed by atoms with Gasteiger partial charge in [0.15, 0.2) is 5.79 Å². The van der Waals surface area contributed by atoms with Crippen LogP contribution in [0.1, 0.15) is 13.8 Å². The maximum atomic E-state index is 5.63. The molecule has 3 fully saturated rings. The average Bonchev–Trinajstić information content (AvgIpc) is 2.30. The summed E-state index contributed by atoms with van der Waals surface area (Å²) >= 11 is 0. The van der Waals surface area contributed by atoms with Crippen LogP contribution >= 0.6 is 0 Å². The first-order valence-corrected chi connectivity index (χ1v) is 6.26. The van der Waals surface area contributed by atoms with Crippen LogP contribution in [0.25, 0.3) is 0 Å². The molecule has 0 unspecified atom stereocenters. The van der Waals surface area contributed by atoms with Gasteiger partial charge in [0, 0.05) is 5.41 Å². The zero-order valence-electron chi connectivity index (χ0n) is 10.8. The average molecular weight is 245 g/mol. The predicted molar refractivity (Wildman–Crippen MR) is 62.9 cm³/mol. The van der Waals surface area contributed by atoms with E-state index >= 15 is 0 Å². The van der Waals surface area contributed by atoms with Crippen LogP contribution in [-0.2, 0) is 18.9 Å². The first kappa shape index (κ1) is 13.2. The normalized spacial score (nSPS) is 30.0. The SMILES string of the molecule is C1COCCO1.CC1(C)COC2(CNC2)OC1. The molecule has 0 radical (unpaired) electrons. The molecule has 0 aromatic rings. The molecule has 17 heavy (non-hydrogen) atoms. The summed E-state index contributed by atoms with van der Waals surface area (Å²) in [5.41, 5.74) is 0.195. The lowest BCUT2D eigenvalue weighted by Gasteiger charge is -2.48. The van der Waals surface area contributed by atoms with Gasteiger partial charge in [0.1, 0.15) is 0 Å². The summed E-state index contributed by atoms with van der Waals surface area (Å²) in [6, 6.07) is 0. The number of hydrogen-bond donors (Lipinski definition) is 1. The van der Waals surface area contributed by atoms with Gasteiger partial charge in [0.2, 0.25) is 0 Å². The Hall–Kier alpha value is -0.200. The van der Waals surface area contributed by atoms with Crippen LogP contribution in [0.15, 0.2) is 0 Å². The van der Waals surface area contributed by atoms with Crippen LogP contribution < -0.4 is 5.32 Å². The highest BCUT2D eigenvalue weighted by Crippen LogP contribution is 2.31. The Bertz CT molecular complexity index is 213. The van der Waals surface area contributed by atoms with Crippen LogP contribution in [-0.4, -0.2) is 58.5 Å². The Labute approximate surface area is 103 Å². The van der Waals surface area contributed by atoms with Gasteiger partial charge in [-0.3, -0.25) is 0 Å². The van der Waals surface area contributed by atoms with E-state index in [1.807, 2.05) is 0 Å². The summed E-state index contributed by atoms with van der Waals surface area (Å²) < 4.78 is 21.2. The zero-order chi connectivity index (χ0) is 12.2. The molecule has 0 atom stereocenters. The van der Waals surface area contributed by atoms with Crippen molar-refractivity contribution < 1.29 is 18.9 Å². The van der Waals surface area contributed by atoms with Crippen molar-refractivity contribution in [1.82, 2.24) is 5.32 Å². The van der Waals surface area contributed by atoms with E-state index in [-0.39, 0.29) is 11.2 Å². The molecule has 0 saturated carbocycles. The van der Waals surface area contributed by atoms with Crippen molar-refractivity contribution in [3.63, 3.8) is 0 Å². The van der Waals surface area contributed by atoms with Gasteiger partial charge in [-0.05, 0) is 0 Å². The number of ether oxygens (including phenoxy) is 4. The molecule has 0 aliphatic carbocycles. The van der Waals surface area contributed by atoms with Crippen LogP contribution in [0.5, 0.6) is 0 Å². The molecule has 100 valence electrons. The molecule has 5 nitrogen and oxygen atoms in total. The first-order valence-electron chi connectivity index (χ1n) is 6.26. The molecule has 3 aliphatic rings. The lowest BCUT2D eigenvalue weighted by Crippen LogP contribution is -2.66. The van der Waals surface area contributed by atoms with E-state index in [9.17, 15) is 0 Å². The summed E-state index contributed by atoms with van der Waals surface area (Å²) in [7, 11) is 0. The van der Waals surface area contributed by atoms with Crippen LogP contribution in [0.3, 0.4) is 0 Å². The van der Waals surface area contributed by atoms with Gasteiger partial charge in [-0.25, -0.2) is 0 Å². The van der Waals surface area contributed by atoms with Gasteiger partial charge in [0.25, 0.3) is 0 Å². The van der Waals surface area contributed by atoms with Gasteiger partial charge in [-0.1, -0.05) is 13.8 Å². The second-order valence-corrected chi connectivity index (χ2v) is 5.48. The molecule has 3 aliphatic heterocycles. The minimum Gasteiger partial charge on any atom is -0.377 e. The second-order valence-electron chi connectivity index (χ2n) is 5.48. The Morgan fingerprint density at radius 3 is 1.59 bits per heavy atom. The fourth-order valence-electron chi connectivity index (χ4n) is 1.71.